The quantitative estimate of drug-likeness (QED) is 0.901. The molecule has 98 valence electrons. The molecule has 0 aliphatic carbocycles. The van der Waals surface area contributed by atoms with Crippen LogP contribution in [-0.2, 0) is 6.42 Å². The van der Waals surface area contributed by atoms with Gasteiger partial charge in [-0.2, -0.15) is 0 Å². The lowest BCUT2D eigenvalue weighted by Gasteiger charge is -2.11. The zero-order chi connectivity index (χ0) is 13.8. The molecular formula is C16H15FO2. The maximum absolute atomic E-state index is 14.3. The van der Waals surface area contributed by atoms with Crippen molar-refractivity contribution in [3.63, 3.8) is 0 Å². The van der Waals surface area contributed by atoms with Crippen LogP contribution in [0.4, 0.5) is 4.39 Å². The summed E-state index contributed by atoms with van der Waals surface area (Å²) < 4.78 is 14.3. The van der Waals surface area contributed by atoms with Crippen LogP contribution in [0.25, 0.3) is 0 Å². The average molecular weight is 258 g/mol. The lowest BCUT2D eigenvalue weighted by Crippen LogP contribution is -2.06. The third-order valence-corrected chi connectivity index (χ3v) is 3.06. The molecule has 1 atom stereocenters. The molecule has 0 spiro atoms. The topological polar surface area (TPSA) is 37.3 Å². The van der Waals surface area contributed by atoms with Crippen molar-refractivity contribution in [2.75, 3.05) is 0 Å². The number of carbonyl (C=O) groups is 1. The molecule has 1 unspecified atom stereocenters. The summed E-state index contributed by atoms with van der Waals surface area (Å²) in [6.45, 7) is 1.97. The van der Waals surface area contributed by atoms with Crippen molar-refractivity contribution in [1.82, 2.24) is 0 Å². The molecule has 2 nitrogen and oxygen atoms in total. The molecule has 19 heavy (non-hydrogen) atoms. The molecule has 0 bridgehead atoms. The van der Waals surface area contributed by atoms with E-state index in [9.17, 15) is 9.18 Å². The Morgan fingerprint density at radius 1 is 1.16 bits per heavy atom. The largest absolute Gasteiger partial charge is 0.478 e. The predicted octanol–water partition coefficient (Wildman–Crippen LogP) is 3.95. The minimum absolute atomic E-state index is 0.0297. The molecule has 0 aliphatic heterocycles. The van der Waals surface area contributed by atoms with Gasteiger partial charge in [0, 0.05) is 12.0 Å². The van der Waals surface area contributed by atoms with E-state index < -0.39 is 12.1 Å². The first-order valence-electron chi connectivity index (χ1n) is 6.10. The summed E-state index contributed by atoms with van der Waals surface area (Å²) in [6, 6.07) is 13.8. The van der Waals surface area contributed by atoms with E-state index in [-0.39, 0.29) is 17.5 Å². The molecule has 0 saturated heterocycles. The number of carboxylic acid groups (broad SMARTS) is 1. The molecule has 0 radical (unpaired) electrons. The number of rotatable bonds is 4. The van der Waals surface area contributed by atoms with E-state index in [4.69, 9.17) is 5.11 Å². The molecule has 0 fully saturated rings. The molecule has 1 N–H and O–H groups in total. The average Bonchev–Trinajstić information content (AvgIpc) is 2.41. The number of hydrogen-bond acceptors (Lipinski definition) is 1. The number of halogens is 1. The summed E-state index contributed by atoms with van der Waals surface area (Å²) in [5.74, 6) is -1.10. The summed E-state index contributed by atoms with van der Waals surface area (Å²) in [5.41, 5.74) is 2.24. The highest BCUT2D eigenvalue weighted by atomic mass is 19.1. The number of carboxylic acids is 1. The second kappa shape index (κ2) is 5.65. The van der Waals surface area contributed by atoms with Crippen LogP contribution in [0.3, 0.4) is 0 Å². The van der Waals surface area contributed by atoms with Crippen LogP contribution >= 0.6 is 0 Å². The number of benzene rings is 2. The van der Waals surface area contributed by atoms with Crippen LogP contribution in [0.5, 0.6) is 0 Å². The van der Waals surface area contributed by atoms with Gasteiger partial charge in [-0.3, -0.25) is 0 Å². The van der Waals surface area contributed by atoms with E-state index in [1.165, 1.54) is 12.1 Å². The highest BCUT2D eigenvalue weighted by Crippen LogP contribution is 2.25. The van der Waals surface area contributed by atoms with Gasteiger partial charge in [-0.1, -0.05) is 48.0 Å². The number of alkyl halides is 1. The Morgan fingerprint density at radius 2 is 1.79 bits per heavy atom. The summed E-state index contributed by atoms with van der Waals surface area (Å²) in [6.07, 6.45) is -1.13. The van der Waals surface area contributed by atoms with Crippen molar-refractivity contribution in [3.05, 3.63) is 70.8 Å². The summed E-state index contributed by atoms with van der Waals surface area (Å²) in [4.78, 5) is 11.1. The Hall–Kier alpha value is -2.16. The summed E-state index contributed by atoms with van der Waals surface area (Å²) >= 11 is 0. The Kier molecular flexibility index (Phi) is 3.95. The second-order valence-corrected chi connectivity index (χ2v) is 4.55. The van der Waals surface area contributed by atoms with Gasteiger partial charge < -0.3 is 5.11 Å². The minimum atomic E-state index is -1.31. The molecule has 0 aromatic heterocycles. The Morgan fingerprint density at radius 3 is 2.42 bits per heavy atom. The van der Waals surface area contributed by atoms with Crippen molar-refractivity contribution in [2.45, 2.75) is 19.5 Å². The summed E-state index contributed by atoms with van der Waals surface area (Å²) in [5, 5.41) is 9.05. The zero-order valence-corrected chi connectivity index (χ0v) is 10.6. The van der Waals surface area contributed by atoms with Gasteiger partial charge in [0.2, 0.25) is 0 Å². The van der Waals surface area contributed by atoms with Gasteiger partial charge in [0.1, 0.15) is 6.17 Å². The smallest absolute Gasteiger partial charge is 0.336 e. The van der Waals surface area contributed by atoms with E-state index in [1.807, 2.05) is 31.2 Å². The number of aryl methyl sites for hydroxylation is 1. The summed E-state index contributed by atoms with van der Waals surface area (Å²) in [7, 11) is 0. The molecule has 0 saturated carbocycles. The van der Waals surface area contributed by atoms with Gasteiger partial charge in [0.15, 0.2) is 0 Å². The third-order valence-electron chi connectivity index (χ3n) is 3.06. The van der Waals surface area contributed by atoms with Gasteiger partial charge >= 0.3 is 5.97 Å². The molecule has 0 aliphatic rings. The molecule has 3 heteroatoms. The van der Waals surface area contributed by atoms with E-state index in [0.717, 1.165) is 11.1 Å². The van der Waals surface area contributed by atoms with E-state index in [2.05, 4.69) is 0 Å². The van der Waals surface area contributed by atoms with Crippen LogP contribution in [-0.4, -0.2) is 11.1 Å². The fourth-order valence-corrected chi connectivity index (χ4v) is 2.01. The van der Waals surface area contributed by atoms with Gasteiger partial charge in [0.05, 0.1) is 5.56 Å². The number of hydrogen-bond donors (Lipinski definition) is 1. The highest BCUT2D eigenvalue weighted by Gasteiger charge is 2.18. The maximum atomic E-state index is 14.3. The monoisotopic (exact) mass is 258 g/mol. The first-order chi connectivity index (χ1) is 9.08. The van der Waals surface area contributed by atoms with Gasteiger partial charge in [0.25, 0.3) is 0 Å². The van der Waals surface area contributed by atoms with Crippen LogP contribution in [0, 0.1) is 6.92 Å². The third kappa shape index (κ3) is 3.19. The molecule has 2 aromatic rings. The normalized spacial score (nSPS) is 12.1. The SMILES string of the molecule is Cc1ccc(CC(F)c2ccccc2C(=O)O)cc1. The van der Waals surface area contributed by atoms with Gasteiger partial charge in [-0.15, -0.1) is 0 Å². The van der Waals surface area contributed by atoms with Gasteiger partial charge in [-0.05, 0) is 18.6 Å². The Labute approximate surface area is 111 Å². The van der Waals surface area contributed by atoms with Crippen LogP contribution in [0.15, 0.2) is 48.5 Å². The molecular weight excluding hydrogens is 243 g/mol. The first-order valence-corrected chi connectivity index (χ1v) is 6.10. The second-order valence-electron chi connectivity index (χ2n) is 4.55. The van der Waals surface area contributed by atoms with Crippen LogP contribution in [0.2, 0.25) is 0 Å². The van der Waals surface area contributed by atoms with E-state index in [0.29, 0.717) is 0 Å². The van der Waals surface area contributed by atoms with Crippen molar-refractivity contribution in [1.29, 1.82) is 0 Å². The highest BCUT2D eigenvalue weighted by molar-refractivity contribution is 5.89. The fourth-order valence-electron chi connectivity index (χ4n) is 2.01. The van der Waals surface area contributed by atoms with E-state index >= 15 is 0 Å². The number of aromatic carboxylic acids is 1. The predicted molar refractivity (Wildman–Crippen MR) is 72.1 cm³/mol. The van der Waals surface area contributed by atoms with Crippen LogP contribution in [0.1, 0.15) is 33.2 Å². The van der Waals surface area contributed by atoms with Crippen molar-refractivity contribution >= 4 is 5.97 Å². The lowest BCUT2D eigenvalue weighted by molar-refractivity contribution is 0.0693. The Bertz CT molecular complexity index is 576. The first kappa shape index (κ1) is 13.3. The van der Waals surface area contributed by atoms with Crippen molar-refractivity contribution in [3.8, 4) is 0 Å². The molecule has 2 aromatic carbocycles. The standard InChI is InChI=1S/C16H15FO2/c1-11-6-8-12(9-7-11)10-15(17)13-4-2-3-5-14(13)16(18)19/h2-9,15H,10H2,1H3,(H,18,19). The minimum Gasteiger partial charge on any atom is -0.478 e. The molecule has 0 amide bonds. The maximum Gasteiger partial charge on any atom is 0.336 e. The molecule has 2 rings (SSSR count). The zero-order valence-electron chi connectivity index (χ0n) is 10.6. The van der Waals surface area contributed by atoms with Crippen molar-refractivity contribution in [2.24, 2.45) is 0 Å². The van der Waals surface area contributed by atoms with Crippen molar-refractivity contribution < 1.29 is 14.3 Å². The Balaban J connectivity index is 2.22. The van der Waals surface area contributed by atoms with E-state index in [1.54, 1.807) is 12.1 Å². The fraction of sp³-hybridized carbons (Fsp3) is 0.188. The van der Waals surface area contributed by atoms with Crippen LogP contribution < -0.4 is 0 Å². The van der Waals surface area contributed by atoms with Gasteiger partial charge in [-0.25, -0.2) is 9.18 Å². The lowest BCUT2D eigenvalue weighted by atomic mass is 9.98. The molecule has 0 heterocycles.